The van der Waals surface area contributed by atoms with Gasteiger partial charge in [0, 0.05) is 12.6 Å². The molecule has 0 saturated heterocycles. The van der Waals surface area contributed by atoms with E-state index in [-0.39, 0.29) is 17.9 Å². The lowest BCUT2D eigenvalue weighted by molar-refractivity contribution is -0.128. The van der Waals surface area contributed by atoms with Gasteiger partial charge in [-0.05, 0) is 37.5 Å². The summed E-state index contributed by atoms with van der Waals surface area (Å²) in [6.45, 7) is 8.39. The third-order valence-corrected chi connectivity index (χ3v) is 3.50. The fraction of sp³-hybridized carbons (Fsp3) is 0.533. The van der Waals surface area contributed by atoms with E-state index in [1.807, 2.05) is 45.9 Å². The summed E-state index contributed by atoms with van der Waals surface area (Å²) in [5.74, 6) is 0.907. The number of benzene rings is 1. The van der Waals surface area contributed by atoms with E-state index >= 15 is 0 Å². The number of carbonyl (C=O) groups is 1. The molecule has 0 aliphatic carbocycles. The zero-order chi connectivity index (χ0) is 14.2. The number of carbonyl (C=O) groups excluding carboxylic acids is 1. The van der Waals surface area contributed by atoms with Crippen LogP contribution in [0, 0.1) is 12.8 Å². The van der Waals surface area contributed by atoms with E-state index in [0.29, 0.717) is 6.54 Å². The molecule has 0 aromatic heterocycles. The second kappa shape index (κ2) is 5.21. The highest BCUT2D eigenvalue weighted by Crippen LogP contribution is 2.37. The van der Waals surface area contributed by atoms with Gasteiger partial charge >= 0.3 is 0 Å². The molecule has 2 N–H and O–H groups in total. The van der Waals surface area contributed by atoms with E-state index in [9.17, 15) is 4.79 Å². The molecular formula is C15H22N2O2. The molecule has 1 aliphatic rings. The van der Waals surface area contributed by atoms with Crippen molar-refractivity contribution in [3.8, 4) is 5.75 Å². The highest BCUT2D eigenvalue weighted by Gasteiger charge is 2.38. The first kappa shape index (κ1) is 13.9. The maximum atomic E-state index is 12.6. The molecule has 0 spiro atoms. The van der Waals surface area contributed by atoms with Crippen molar-refractivity contribution in [3.63, 3.8) is 0 Å². The molecule has 1 heterocycles. The van der Waals surface area contributed by atoms with Crippen LogP contribution in [-0.2, 0) is 4.79 Å². The maximum absolute atomic E-state index is 12.6. The molecule has 4 heteroatoms. The minimum atomic E-state index is -0.427. The number of hydrogen-bond donors (Lipinski definition) is 1. The standard InChI is InChI=1S/C15H22N2O2/c1-9(2)14-15(18)17(11(4)8-16)12-7-10(3)5-6-13(12)19-14/h5-7,9,11,14H,8,16H2,1-4H3. The van der Waals surface area contributed by atoms with Gasteiger partial charge in [0.1, 0.15) is 5.75 Å². The Labute approximate surface area is 114 Å². The summed E-state index contributed by atoms with van der Waals surface area (Å²) in [6, 6.07) is 5.88. The second-order valence-corrected chi connectivity index (χ2v) is 5.55. The van der Waals surface area contributed by atoms with Gasteiger partial charge in [-0.15, -0.1) is 0 Å². The number of rotatable bonds is 3. The molecule has 0 bridgehead atoms. The summed E-state index contributed by atoms with van der Waals surface area (Å²) in [5.41, 5.74) is 7.68. The van der Waals surface area contributed by atoms with Crippen molar-refractivity contribution in [2.24, 2.45) is 11.7 Å². The first-order chi connectivity index (χ1) is 8.95. The maximum Gasteiger partial charge on any atom is 0.268 e. The highest BCUT2D eigenvalue weighted by atomic mass is 16.5. The van der Waals surface area contributed by atoms with Gasteiger partial charge in [0.2, 0.25) is 0 Å². The van der Waals surface area contributed by atoms with Crippen molar-refractivity contribution in [2.45, 2.75) is 39.8 Å². The predicted octanol–water partition coefficient (Wildman–Crippen LogP) is 2.09. The van der Waals surface area contributed by atoms with Crippen LogP contribution in [0.2, 0.25) is 0 Å². The molecule has 0 saturated carbocycles. The number of anilines is 1. The third kappa shape index (κ3) is 2.45. The number of nitrogens with zero attached hydrogens (tertiary/aromatic N) is 1. The fourth-order valence-corrected chi connectivity index (χ4v) is 2.34. The third-order valence-electron chi connectivity index (χ3n) is 3.50. The molecule has 2 atom stereocenters. The van der Waals surface area contributed by atoms with Crippen molar-refractivity contribution >= 4 is 11.6 Å². The van der Waals surface area contributed by atoms with Crippen molar-refractivity contribution in [1.82, 2.24) is 0 Å². The van der Waals surface area contributed by atoms with Crippen molar-refractivity contribution in [3.05, 3.63) is 23.8 Å². The van der Waals surface area contributed by atoms with E-state index in [4.69, 9.17) is 10.5 Å². The van der Waals surface area contributed by atoms with E-state index in [2.05, 4.69) is 0 Å². The normalized spacial score (nSPS) is 20.2. The lowest BCUT2D eigenvalue weighted by Gasteiger charge is -2.39. The molecule has 1 amide bonds. The van der Waals surface area contributed by atoms with Crippen LogP contribution in [-0.4, -0.2) is 24.6 Å². The quantitative estimate of drug-likeness (QED) is 0.907. The molecule has 2 unspecified atom stereocenters. The molecule has 2 rings (SSSR count). The second-order valence-electron chi connectivity index (χ2n) is 5.55. The van der Waals surface area contributed by atoms with Gasteiger partial charge in [-0.2, -0.15) is 0 Å². The van der Waals surface area contributed by atoms with Crippen LogP contribution in [0.25, 0.3) is 0 Å². The lowest BCUT2D eigenvalue weighted by Crippen LogP contribution is -2.53. The molecule has 1 aromatic carbocycles. The predicted molar refractivity (Wildman–Crippen MR) is 76.4 cm³/mol. The Balaban J connectivity index is 2.50. The van der Waals surface area contributed by atoms with Crippen LogP contribution < -0.4 is 15.4 Å². The smallest absolute Gasteiger partial charge is 0.268 e. The molecule has 0 fully saturated rings. The molecule has 0 radical (unpaired) electrons. The largest absolute Gasteiger partial charge is 0.478 e. The van der Waals surface area contributed by atoms with Gasteiger partial charge in [-0.1, -0.05) is 19.9 Å². The Morgan fingerprint density at radius 3 is 2.63 bits per heavy atom. The van der Waals surface area contributed by atoms with Crippen LogP contribution >= 0.6 is 0 Å². The van der Waals surface area contributed by atoms with Crippen LogP contribution in [0.3, 0.4) is 0 Å². The fourth-order valence-electron chi connectivity index (χ4n) is 2.34. The van der Waals surface area contributed by atoms with Gasteiger partial charge in [-0.25, -0.2) is 0 Å². The number of ether oxygens (including phenoxy) is 1. The topological polar surface area (TPSA) is 55.6 Å². The van der Waals surface area contributed by atoms with Crippen molar-refractivity contribution < 1.29 is 9.53 Å². The Kier molecular flexibility index (Phi) is 3.80. The number of aryl methyl sites for hydroxylation is 1. The minimum Gasteiger partial charge on any atom is -0.478 e. The van der Waals surface area contributed by atoms with Gasteiger partial charge in [0.05, 0.1) is 5.69 Å². The number of nitrogens with two attached hydrogens (primary N) is 1. The molecule has 1 aromatic rings. The molecular weight excluding hydrogens is 240 g/mol. The molecule has 104 valence electrons. The van der Waals surface area contributed by atoms with E-state index in [0.717, 1.165) is 17.0 Å². The monoisotopic (exact) mass is 262 g/mol. The average molecular weight is 262 g/mol. The van der Waals surface area contributed by atoms with Crippen LogP contribution in [0.5, 0.6) is 5.75 Å². The Bertz CT molecular complexity index is 485. The van der Waals surface area contributed by atoms with E-state index in [1.165, 1.54) is 0 Å². The summed E-state index contributed by atoms with van der Waals surface area (Å²) in [7, 11) is 0. The molecule has 19 heavy (non-hydrogen) atoms. The number of hydrogen-bond acceptors (Lipinski definition) is 3. The van der Waals surface area contributed by atoms with Crippen LogP contribution in [0.1, 0.15) is 26.3 Å². The Morgan fingerprint density at radius 1 is 1.37 bits per heavy atom. The first-order valence-corrected chi connectivity index (χ1v) is 6.76. The SMILES string of the molecule is Cc1ccc2c(c1)N(C(C)CN)C(=O)C(C(C)C)O2. The number of fused-ring (bicyclic) bond motifs is 1. The highest BCUT2D eigenvalue weighted by molar-refractivity contribution is 6.00. The van der Waals surface area contributed by atoms with Crippen molar-refractivity contribution in [1.29, 1.82) is 0 Å². The van der Waals surface area contributed by atoms with Gasteiger partial charge in [-0.3, -0.25) is 4.79 Å². The Morgan fingerprint density at radius 2 is 2.05 bits per heavy atom. The zero-order valence-electron chi connectivity index (χ0n) is 12.0. The Hall–Kier alpha value is -1.55. The van der Waals surface area contributed by atoms with Crippen LogP contribution in [0.15, 0.2) is 18.2 Å². The number of amides is 1. The van der Waals surface area contributed by atoms with Gasteiger partial charge in [0.15, 0.2) is 6.10 Å². The zero-order valence-corrected chi connectivity index (χ0v) is 12.0. The first-order valence-electron chi connectivity index (χ1n) is 6.76. The summed E-state index contributed by atoms with van der Waals surface area (Å²) in [4.78, 5) is 14.4. The summed E-state index contributed by atoms with van der Waals surface area (Å²) in [5, 5.41) is 0. The average Bonchev–Trinajstić information content (AvgIpc) is 2.37. The van der Waals surface area contributed by atoms with Crippen molar-refractivity contribution in [2.75, 3.05) is 11.4 Å². The van der Waals surface area contributed by atoms with E-state index in [1.54, 1.807) is 4.90 Å². The van der Waals surface area contributed by atoms with E-state index < -0.39 is 6.10 Å². The lowest BCUT2D eigenvalue weighted by atomic mass is 10.0. The van der Waals surface area contributed by atoms with Crippen LogP contribution in [0.4, 0.5) is 5.69 Å². The molecule has 4 nitrogen and oxygen atoms in total. The summed E-state index contributed by atoms with van der Waals surface area (Å²) >= 11 is 0. The minimum absolute atomic E-state index is 0.00560. The molecule has 1 aliphatic heterocycles. The summed E-state index contributed by atoms with van der Waals surface area (Å²) in [6.07, 6.45) is -0.427. The van der Waals surface area contributed by atoms with Gasteiger partial charge in [0.25, 0.3) is 5.91 Å². The summed E-state index contributed by atoms with van der Waals surface area (Å²) < 4.78 is 5.85. The van der Waals surface area contributed by atoms with Gasteiger partial charge < -0.3 is 15.4 Å².